The van der Waals surface area contributed by atoms with Crippen molar-refractivity contribution in [2.45, 2.75) is 32.5 Å². The minimum Gasteiger partial charge on any atom is -0.357 e. The molecule has 6 nitrogen and oxygen atoms in total. The first-order valence-electron chi connectivity index (χ1n) is 10.5. The lowest BCUT2D eigenvalue weighted by atomic mass is 10.0. The van der Waals surface area contributed by atoms with Gasteiger partial charge in [0.25, 0.3) is 11.5 Å². The number of carbonyl (C=O) groups excluding carboxylic acids is 1. The molecule has 7 heteroatoms. The average molecular weight is 433 g/mol. The third-order valence-corrected chi connectivity index (χ3v) is 6.94. The normalized spacial score (nSPS) is 15.0. The van der Waals surface area contributed by atoms with Crippen molar-refractivity contribution in [3.05, 3.63) is 91.7 Å². The van der Waals surface area contributed by atoms with E-state index < -0.39 is 0 Å². The predicted octanol–water partition coefficient (Wildman–Crippen LogP) is 3.97. The van der Waals surface area contributed by atoms with Crippen molar-refractivity contribution in [1.29, 1.82) is 0 Å². The number of H-pyrrole nitrogens is 2. The number of nitrogens with zero attached hydrogens (tertiary/aromatic N) is 1. The van der Waals surface area contributed by atoms with Gasteiger partial charge in [0.2, 0.25) is 0 Å². The standard InChI is InChI=1S/C24H24N4O2S/c1-15(22-7-4-12-31-22)25-23(29)19-9-8-16(26-24(19)30)13-28-11-10-18-17-5-2-3-6-20(17)27-21(18)14-28/h2-9,12,15,27H,10-11,13-14H2,1H3,(H,25,29)(H,26,30)/t15-/m1/s1. The molecule has 1 amide bonds. The van der Waals surface area contributed by atoms with E-state index in [1.54, 1.807) is 17.4 Å². The Morgan fingerprint density at radius 3 is 2.84 bits per heavy atom. The van der Waals surface area contributed by atoms with Crippen LogP contribution in [0.3, 0.4) is 0 Å². The molecule has 4 aromatic rings. The van der Waals surface area contributed by atoms with E-state index in [-0.39, 0.29) is 23.1 Å². The van der Waals surface area contributed by atoms with Crippen molar-refractivity contribution in [1.82, 2.24) is 20.2 Å². The molecule has 0 fully saturated rings. The van der Waals surface area contributed by atoms with Crippen LogP contribution in [-0.4, -0.2) is 27.3 Å². The number of nitrogens with one attached hydrogen (secondary N) is 3. The van der Waals surface area contributed by atoms with Crippen LogP contribution < -0.4 is 10.9 Å². The number of aromatic nitrogens is 2. The number of carbonyl (C=O) groups is 1. The van der Waals surface area contributed by atoms with Crippen LogP contribution in [0.15, 0.2) is 58.7 Å². The summed E-state index contributed by atoms with van der Waals surface area (Å²) in [6, 6.07) is 15.7. The highest BCUT2D eigenvalue weighted by molar-refractivity contribution is 7.10. The van der Waals surface area contributed by atoms with E-state index in [1.807, 2.05) is 36.6 Å². The third-order valence-electron chi connectivity index (χ3n) is 5.89. The second-order valence-electron chi connectivity index (χ2n) is 8.03. The summed E-state index contributed by atoms with van der Waals surface area (Å²) < 4.78 is 0. The first-order valence-corrected chi connectivity index (χ1v) is 11.3. The van der Waals surface area contributed by atoms with E-state index in [2.05, 4.69) is 38.4 Å². The summed E-state index contributed by atoms with van der Waals surface area (Å²) in [7, 11) is 0. The molecule has 3 N–H and O–H groups in total. The van der Waals surface area contributed by atoms with Gasteiger partial charge in [-0.1, -0.05) is 24.3 Å². The van der Waals surface area contributed by atoms with Crippen LogP contribution in [0, 0.1) is 0 Å². The van der Waals surface area contributed by atoms with Crippen molar-refractivity contribution in [2.75, 3.05) is 6.54 Å². The zero-order chi connectivity index (χ0) is 21.4. The predicted molar refractivity (Wildman–Crippen MR) is 123 cm³/mol. The summed E-state index contributed by atoms with van der Waals surface area (Å²) in [4.78, 5) is 34.9. The molecule has 4 heterocycles. The molecule has 0 saturated heterocycles. The summed E-state index contributed by atoms with van der Waals surface area (Å²) in [5, 5.41) is 6.18. The van der Waals surface area contributed by atoms with E-state index in [9.17, 15) is 9.59 Å². The number of pyridine rings is 1. The van der Waals surface area contributed by atoms with Gasteiger partial charge in [-0.05, 0) is 48.6 Å². The van der Waals surface area contributed by atoms with Gasteiger partial charge in [0.15, 0.2) is 0 Å². The zero-order valence-corrected chi connectivity index (χ0v) is 18.1. The van der Waals surface area contributed by atoms with Crippen molar-refractivity contribution in [3.63, 3.8) is 0 Å². The van der Waals surface area contributed by atoms with Crippen LogP contribution in [0.4, 0.5) is 0 Å². The van der Waals surface area contributed by atoms with Crippen LogP contribution in [0.1, 0.15) is 45.2 Å². The Hall–Kier alpha value is -3.16. The Morgan fingerprint density at radius 2 is 2.03 bits per heavy atom. The molecule has 1 aliphatic rings. The highest BCUT2D eigenvalue weighted by Gasteiger charge is 2.21. The first kappa shape index (κ1) is 19.8. The number of rotatable bonds is 5. The van der Waals surface area contributed by atoms with Gasteiger partial charge in [0.1, 0.15) is 5.56 Å². The number of aromatic amines is 2. The van der Waals surface area contributed by atoms with Crippen molar-refractivity contribution < 1.29 is 4.79 Å². The molecule has 31 heavy (non-hydrogen) atoms. The highest BCUT2D eigenvalue weighted by Crippen LogP contribution is 2.27. The highest BCUT2D eigenvalue weighted by atomic mass is 32.1. The summed E-state index contributed by atoms with van der Waals surface area (Å²) in [6.07, 6.45) is 0.977. The van der Waals surface area contributed by atoms with Gasteiger partial charge in [-0.15, -0.1) is 11.3 Å². The number of thiophene rings is 1. The van der Waals surface area contributed by atoms with E-state index in [4.69, 9.17) is 0 Å². The van der Waals surface area contributed by atoms with Crippen LogP contribution in [0.2, 0.25) is 0 Å². The van der Waals surface area contributed by atoms with Crippen molar-refractivity contribution >= 4 is 28.1 Å². The number of benzene rings is 1. The van der Waals surface area contributed by atoms with E-state index in [1.165, 1.54) is 22.2 Å². The molecule has 0 aliphatic carbocycles. The van der Waals surface area contributed by atoms with Gasteiger partial charge in [0, 0.05) is 46.8 Å². The van der Waals surface area contributed by atoms with Crippen LogP contribution in [-0.2, 0) is 19.5 Å². The molecule has 0 radical (unpaired) electrons. The van der Waals surface area contributed by atoms with E-state index in [0.29, 0.717) is 6.54 Å². The molecule has 0 spiro atoms. The first-order chi connectivity index (χ1) is 15.1. The molecule has 0 unspecified atom stereocenters. The minimum absolute atomic E-state index is 0.134. The SMILES string of the molecule is C[C@@H](NC(=O)c1ccc(CN2CCc3c([nH]c4ccccc34)C2)[nH]c1=O)c1cccs1. The molecule has 1 aromatic carbocycles. The smallest absolute Gasteiger partial charge is 0.261 e. The van der Waals surface area contributed by atoms with E-state index in [0.717, 1.165) is 30.1 Å². The molecule has 0 saturated carbocycles. The molecule has 1 aliphatic heterocycles. The zero-order valence-electron chi connectivity index (χ0n) is 17.3. The van der Waals surface area contributed by atoms with Gasteiger partial charge < -0.3 is 15.3 Å². The lowest BCUT2D eigenvalue weighted by molar-refractivity contribution is 0.0939. The van der Waals surface area contributed by atoms with Gasteiger partial charge >= 0.3 is 0 Å². The number of hydrogen-bond donors (Lipinski definition) is 3. The Morgan fingerprint density at radius 1 is 1.16 bits per heavy atom. The molecular weight excluding hydrogens is 408 g/mol. The van der Waals surface area contributed by atoms with Gasteiger partial charge in [-0.25, -0.2) is 0 Å². The summed E-state index contributed by atoms with van der Waals surface area (Å²) in [5.41, 5.74) is 4.42. The van der Waals surface area contributed by atoms with Gasteiger partial charge in [-0.3, -0.25) is 14.5 Å². The molecule has 3 aromatic heterocycles. The van der Waals surface area contributed by atoms with Gasteiger partial charge in [0.05, 0.1) is 6.04 Å². The van der Waals surface area contributed by atoms with E-state index >= 15 is 0 Å². The number of hydrogen-bond acceptors (Lipinski definition) is 4. The number of para-hydroxylation sites is 1. The fourth-order valence-electron chi connectivity index (χ4n) is 4.29. The minimum atomic E-state index is -0.352. The summed E-state index contributed by atoms with van der Waals surface area (Å²) in [5.74, 6) is -0.352. The molecule has 0 bridgehead atoms. The molecular formula is C24H24N4O2S. The monoisotopic (exact) mass is 432 g/mol. The average Bonchev–Trinajstić information content (AvgIpc) is 3.41. The molecule has 5 rings (SSSR count). The lowest BCUT2D eigenvalue weighted by Gasteiger charge is -2.26. The fourth-order valence-corrected chi connectivity index (χ4v) is 5.03. The maximum absolute atomic E-state index is 12.6. The van der Waals surface area contributed by atoms with Crippen LogP contribution in [0.25, 0.3) is 10.9 Å². The maximum Gasteiger partial charge on any atom is 0.261 e. The molecule has 1 atom stereocenters. The Bertz CT molecular complexity index is 1290. The second kappa shape index (κ2) is 8.17. The largest absolute Gasteiger partial charge is 0.357 e. The van der Waals surface area contributed by atoms with Crippen molar-refractivity contribution in [3.8, 4) is 0 Å². The molecule has 158 valence electrons. The fraction of sp³-hybridized carbons (Fsp3) is 0.250. The number of fused-ring (bicyclic) bond motifs is 3. The quantitative estimate of drug-likeness (QED) is 0.446. The van der Waals surface area contributed by atoms with Crippen LogP contribution >= 0.6 is 11.3 Å². The second-order valence-corrected chi connectivity index (χ2v) is 9.00. The lowest BCUT2D eigenvalue weighted by Crippen LogP contribution is -2.33. The topological polar surface area (TPSA) is 81.0 Å². The Balaban J connectivity index is 1.27. The Kier molecular flexibility index (Phi) is 5.21. The summed E-state index contributed by atoms with van der Waals surface area (Å²) >= 11 is 1.58. The number of amides is 1. The maximum atomic E-state index is 12.6. The van der Waals surface area contributed by atoms with Crippen molar-refractivity contribution in [2.24, 2.45) is 0 Å². The van der Waals surface area contributed by atoms with Gasteiger partial charge in [-0.2, -0.15) is 0 Å². The van der Waals surface area contributed by atoms with Crippen LogP contribution in [0.5, 0.6) is 0 Å². The Labute approximate surface area is 183 Å². The third kappa shape index (κ3) is 3.94. The summed E-state index contributed by atoms with van der Waals surface area (Å²) in [6.45, 7) is 4.29.